The lowest BCUT2D eigenvalue weighted by Crippen LogP contribution is -2.20. The van der Waals surface area contributed by atoms with Crippen LogP contribution in [0, 0.1) is 20.2 Å². The zero-order valence-corrected chi connectivity index (χ0v) is 8.50. The number of alkyl halides is 2. The van der Waals surface area contributed by atoms with E-state index in [4.69, 9.17) is 0 Å². The summed E-state index contributed by atoms with van der Waals surface area (Å²) in [6.45, 7) is 0. The van der Waals surface area contributed by atoms with Crippen molar-refractivity contribution in [3.8, 4) is 0 Å². The van der Waals surface area contributed by atoms with Gasteiger partial charge in [0.25, 0.3) is 17.3 Å². The Morgan fingerprint density at radius 1 is 1.11 bits per heavy atom. The molecule has 0 saturated heterocycles. The number of carbonyl (C=O) groups is 1. The molecule has 1 aromatic carbocycles. The van der Waals surface area contributed by atoms with E-state index in [9.17, 15) is 33.8 Å². The van der Waals surface area contributed by atoms with E-state index in [1.54, 1.807) is 5.32 Å². The van der Waals surface area contributed by atoms with Crippen molar-refractivity contribution < 1.29 is 23.4 Å². The van der Waals surface area contributed by atoms with Gasteiger partial charge in [0, 0.05) is 12.1 Å². The molecule has 0 fully saturated rings. The van der Waals surface area contributed by atoms with Crippen LogP contribution in [0.25, 0.3) is 0 Å². The van der Waals surface area contributed by atoms with E-state index in [2.05, 4.69) is 0 Å². The van der Waals surface area contributed by atoms with Crippen molar-refractivity contribution in [2.75, 3.05) is 5.32 Å². The van der Waals surface area contributed by atoms with E-state index in [1.165, 1.54) is 0 Å². The second-order valence-corrected chi connectivity index (χ2v) is 3.04. The number of halogens is 2. The molecule has 1 rings (SSSR count). The Kier molecular flexibility index (Phi) is 3.82. The molecule has 1 amide bonds. The summed E-state index contributed by atoms with van der Waals surface area (Å²) in [5, 5.41) is 22.6. The Hall–Kier alpha value is -2.65. The number of anilines is 1. The summed E-state index contributed by atoms with van der Waals surface area (Å²) in [5.74, 6) is -1.70. The average Bonchev–Trinajstić information content (AvgIpc) is 2.28. The van der Waals surface area contributed by atoms with Crippen molar-refractivity contribution in [2.45, 2.75) is 6.43 Å². The number of non-ortho nitro benzene ring substituents is 2. The molecule has 0 atom stereocenters. The number of hydrogen-bond acceptors (Lipinski definition) is 5. The van der Waals surface area contributed by atoms with Crippen LogP contribution < -0.4 is 5.32 Å². The summed E-state index contributed by atoms with van der Waals surface area (Å²) in [6, 6.07) is 2.14. The highest BCUT2D eigenvalue weighted by Crippen LogP contribution is 2.25. The predicted molar refractivity (Wildman–Crippen MR) is 54.4 cm³/mol. The summed E-state index contributed by atoms with van der Waals surface area (Å²) >= 11 is 0. The Morgan fingerprint density at radius 3 is 1.89 bits per heavy atom. The molecule has 0 radical (unpaired) electrons. The van der Waals surface area contributed by atoms with E-state index < -0.39 is 39.2 Å². The van der Waals surface area contributed by atoms with Crippen molar-refractivity contribution in [1.29, 1.82) is 0 Å². The molecule has 0 bridgehead atoms. The fraction of sp³-hybridized carbons (Fsp3) is 0.125. The molecule has 10 heteroatoms. The maximum absolute atomic E-state index is 12.0. The van der Waals surface area contributed by atoms with Crippen LogP contribution >= 0.6 is 0 Å². The van der Waals surface area contributed by atoms with Crippen LogP contribution in [0.2, 0.25) is 0 Å². The number of nitro benzene ring substituents is 2. The summed E-state index contributed by atoms with van der Waals surface area (Å²) in [4.78, 5) is 29.7. The highest BCUT2D eigenvalue weighted by molar-refractivity contribution is 5.93. The Bertz CT molecular complexity index is 487. The van der Waals surface area contributed by atoms with Gasteiger partial charge in [-0.1, -0.05) is 0 Å². The van der Waals surface area contributed by atoms with E-state index in [0.717, 1.165) is 12.1 Å². The minimum atomic E-state index is -3.33. The molecule has 0 aliphatic carbocycles. The monoisotopic (exact) mass is 261 g/mol. The zero-order chi connectivity index (χ0) is 13.9. The first-order valence-corrected chi connectivity index (χ1v) is 4.34. The first-order valence-electron chi connectivity index (χ1n) is 4.34. The van der Waals surface area contributed by atoms with Crippen LogP contribution in [0.4, 0.5) is 25.8 Å². The molecule has 96 valence electrons. The minimum absolute atomic E-state index is 0.443. The quantitative estimate of drug-likeness (QED) is 0.654. The van der Waals surface area contributed by atoms with Gasteiger partial charge in [0.15, 0.2) is 0 Å². The third-order valence-corrected chi connectivity index (χ3v) is 1.79. The number of nitro groups is 2. The Morgan fingerprint density at radius 2 is 1.56 bits per heavy atom. The molecule has 0 unspecified atom stereocenters. The van der Waals surface area contributed by atoms with Crippen molar-refractivity contribution in [1.82, 2.24) is 0 Å². The van der Waals surface area contributed by atoms with Gasteiger partial charge in [-0.15, -0.1) is 0 Å². The Balaban J connectivity index is 3.15. The van der Waals surface area contributed by atoms with Crippen LogP contribution in [0.3, 0.4) is 0 Å². The number of hydrogen-bond donors (Lipinski definition) is 1. The van der Waals surface area contributed by atoms with Gasteiger partial charge in [0.2, 0.25) is 0 Å². The van der Waals surface area contributed by atoms with Gasteiger partial charge in [0.1, 0.15) is 0 Å². The highest BCUT2D eigenvalue weighted by atomic mass is 19.3. The number of nitrogens with zero attached hydrogens (tertiary/aromatic N) is 2. The molecule has 1 N–H and O–H groups in total. The maximum Gasteiger partial charge on any atom is 0.315 e. The molecule has 0 aliphatic rings. The van der Waals surface area contributed by atoms with Gasteiger partial charge in [-0.3, -0.25) is 25.0 Å². The molecule has 0 heterocycles. The smallest absolute Gasteiger partial charge is 0.315 e. The van der Waals surface area contributed by atoms with Crippen molar-refractivity contribution in [3.63, 3.8) is 0 Å². The fourth-order valence-electron chi connectivity index (χ4n) is 1.07. The van der Waals surface area contributed by atoms with Crippen molar-refractivity contribution in [3.05, 3.63) is 38.4 Å². The van der Waals surface area contributed by atoms with Crippen molar-refractivity contribution in [2.24, 2.45) is 0 Å². The second-order valence-electron chi connectivity index (χ2n) is 3.04. The SMILES string of the molecule is O=C(Nc1cc([N+](=O)[O-])cc([N+](=O)[O-])c1)C(F)F. The van der Waals surface area contributed by atoms with E-state index in [-0.39, 0.29) is 0 Å². The molecule has 8 nitrogen and oxygen atoms in total. The lowest BCUT2D eigenvalue weighted by Gasteiger charge is -2.04. The summed E-state index contributed by atoms with van der Waals surface area (Å²) < 4.78 is 23.9. The fourth-order valence-corrected chi connectivity index (χ4v) is 1.07. The third-order valence-electron chi connectivity index (χ3n) is 1.79. The zero-order valence-electron chi connectivity index (χ0n) is 8.50. The Labute approximate surface area is 97.5 Å². The highest BCUT2D eigenvalue weighted by Gasteiger charge is 2.20. The predicted octanol–water partition coefficient (Wildman–Crippen LogP) is 1.71. The molecular formula is C8H5F2N3O5. The van der Waals surface area contributed by atoms with Crippen LogP contribution in [0.5, 0.6) is 0 Å². The summed E-state index contributed by atoms with van der Waals surface area (Å²) in [5.41, 5.74) is -1.82. The lowest BCUT2D eigenvalue weighted by molar-refractivity contribution is -0.394. The molecule has 0 aromatic heterocycles. The van der Waals surface area contributed by atoms with Gasteiger partial charge in [-0.05, 0) is 0 Å². The number of carbonyl (C=O) groups excluding carboxylic acids is 1. The topological polar surface area (TPSA) is 115 Å². The van der Waals surface area contributed by atoms with Gasteiger partial charge in [-0.2, -0.15) is 8.78 Å². The summed E-state index contributed by atoms with van der Waals surface area (Å²) in [6.07, 6.45) is -3.33. The van der Waals surface area contributed by atoms with Crippen molar-refractivity contribution >= 4 is 23.0 Å². The number of rotatable bonds is 4. The van der Waals surface area contributed by atoms with Gasteiger partial charge < -0.3 is 5.32 Å². The van der Waals surface area contributed by atoms with E-state index in [1.807, 2.05) is 0 Å². The molecule has 0 spiro atoms. The van der Waals surface area contributed by atoms with E-state index >= 15 is 0 Å². The molecule has 18 heavy (non-hydrogen) atoms. The van der Waals surface area contributed by atoms with E-state index in [0.29, 0.717) is 6.07 Å². The first-order chi connectivity index (χ1) is 8.31. The molecule has 1 aromatic rings. The first kappa shape index (κ1) is 13.4. The van der Waals surface area contributed by atoms with Gasteiger partial charge in [-0.25, -0.2) is 0 Å². The van der Waals surface area contributed by atoms with Gasteiger partial charge >= 0.3 is 6.43 Å². The average molecular weight is 261 g/mol. The number of benzene rings is 1. The molecule has 0 aliphatic heterocycles. The van der Waals surface area contributed by atoms with Crippen LogP contribution in [-0.2, 0) is 4.79 Å². The molecule has 0 saturated carbocycles. The standard InChI is InChI=1S/C8H5F2N3O5/c9-7(10)8(14)11-4-1-5(12(15)16)3-6(2-4)13(17)18/h1-3,7H,(H,11,14). The van der Waals surface area contributed by atoms with Gasteiger partial charge in [0.05, 0.1) is 21.6 Å². The van der Waals surface area contributed by atoms with Crippen LogP contribution in [0.15, 0.2) is 18.2 Å². The second kappa shape index (κ2) is 5.12. The molecular weight excluding hydrogens is 256 g/mol. The maximum atomic E-state index is 12.0. The lowest BCUT2D eigenvalue weighted by atomic mass is 10.2. The third kappa shape index (κ3) is 3.17. The summed E-state index contributed by atoms with van der Waals surface area (Å²) in [7, 11) is 0. The van der Waals surface area contributed by atoms with Crippen LogP contribution in [0.1, 0.15) is 0 Å². The normalized spacial score (nSPS) is 10.2. The number of nitrogens with one attached hydrogen (secondary N) is 1. The largest absolute Gasteiger partial charge is 0.321 e. The van der Waals surface area contributed by atoms with Crippen LogP contribution in [-0.4, -0.2) is 22.2 Å². The minimum Gasteiger partial charge on any atom is -0.321 e. The number of amides is 1.